The molecule has 0 unspecified atom stereocenters. The van der Waals surface area contributed by atoms with Crippen molar-refractivity contribution in [2.75, 3.05) is 5.32 Å². The number of rotatable bonds is 5. The molecule has 21 heavy (non-hydrogen) atoms. The van der Waals surface area contributed by atoms with Crippen LogP contribution in [0, 0.1) is 11.6 Å². The van der Waals surface area contributed by atoms with Crippen molar-refractivity contribution in [2.24, 2.45) is 0 Å². The first-order valence-corrected chi connectivity index (χ1v) is 6.92. The summed E-state index contributed by atoms with van der Waals surface area (Å²) < 4.78 is 26.8. The highest BCUT2D eigenvalue weighted by atomic mass is 19.1. The van der Waals surface area contributed by atoms with Gasteiger partial charge in [0, 0.05) is 6.42 Å². The summed E-state index contributed by atoms with van der Waals surface area (Å²) in [5.41, 5.74) is 1.87. The van der Waals surface area contributed by atoms with E-state index in [0.717, 1.165) is 24.1 Å². The predicted molar refractivity (Wildman–Crippen MR) is 79.1 cm³/mol. The van der Waals surface area contributed by atoms with Crippen molar-refractivity contribution in [1.82, 2.24) is 0 Å². The number of anilines is 1. The SMILES string of the molecule is CCc1ccc(CCC(=O)Nc2c(F)cccc2F)cc1. The molecule has 0 aliphatic carbocycles. The van der Waals surface area contributed by atoms with Gasteiger partial charge in [-0.2, -0.15) is 0 Å². The molecule has 0 spiro atoms. The van der Waals surface area contributed by atoms with E-state index >= 15 is 0 Å². The second kappa shape index (κ2) is 6.97. The van der Waals surface area contributed by atoms with Crippen LogP contribution < -0.4 is 5.32 Å². The highest BCUT2D eigenvalue weighted by Gasteiger charge is 2.11. The summed E-state index contributed by atoms with van der Waals surface area (Å²) in [4.78, 5) is 11.8. The van der Waals surface area contributed by atoms with Gasteiger partial charge in [-0.1, -0.05) is 37.3 Å². The highest BCUT2D eigenvalue weighted by molar-refractivity contribution is 5.91. The predicted octanol–water partition coefficient (Wildman–Crippen LogP) is 4.10. The molecule has 2 rings (SSSR count). The van der Waals surface area contributed by atoms with Gasteiger partial charge in [0.2, 0.25) is 5.91 Å². The molecule has 4 heteroatoms. The van der Waals surface area contributed by atoms with Crippen LogP contribution in [0.1, 0.15) is 24.5 Å². The number of carbonyl (C=O) groups excluding carboxylic acids is 1. The van der Waals surface area contributed by atoms with E-state index in [1.54, 1.807) is 0 Å². The van der Waals surface area contributed by atoms with E-state index in [1.165, 1.54) is 11.6 Å². The summed E-state index contributed by atoms with van der Waals surface area (Å²) in [6, 6.07) is 11.5. The summed E-state index contributed by atoms with van der Waals surface area (Å²) in [5.74, 6) is -1.94. The Hall–Kier alpha value is -2.23. The van der Waals surface area contributed by atoms with Crippen molar-refractivity contribution in [2.45, 2.75) is 26.2 Å². The first-order valence-electron chi connectivity index (χ1n) is 6.92. The van der Waals surface area contributed by atoms with E-state index in [9.17, 15) is 13.6 Å². The largest absolute Gasteiger partial charge is 0.321 e. The number of hydrogen-bond acceptors (Lipinski definition) is 1. The molecule has 0 aliphatic heterocycles. The van der Waals surface area contributed by atoms with Gasteiger partial charge in [-0.15, -0.1) is 0 Å². The normalized spacial score (nSPS) is 10.4. The average molecular weight is 289 g/mol. The first-order chi connectivity index (χ1) is 10.1. The van der Waals surface area contributed by atoms with Gasteiger partial charge in [0.25, 0.3) is 0 Å². The zero-order chi connectivity index (χ0) is 15.2. The van der Waals surface area contributed by atoms with Crippen LogP contribution in [-0.2, 0) is 17.6 Å². The van der Waals surface area contributed by atoms with E-state index in [1.807, 2.05) is 24.3 Å². The van der Waals surface area contributed by atoms with Crippen LogP contribution in [0.3, 0.4) is 0 Å². The molecule has 1 amide bonds. The minimum Gasteiger partial charge on any atom is -0.321 e. The maximum absolute atomic E-state index is 13.4. The quantitative estimate of drug-likeness (QED) is 0.882. The second-order valence-electron chi connectivity index (χ2n) is 4.81. The minimum atomic E-state index is -0.768. The van der Waals surface area contributed by atoms with Crippen LogP contribution in [0.4, 0.5) is 14.5 Å². The fourth-order valence-electron chi connectivity index (χ4n) is 2.02. The second-order valence-corrected chi connectivity index (χ2v) is 4.81. The lowest BCUT2D eigenvalue weighted by molar-refractivity contribution is -0.116. The van der Waals surface area contributed by atoms with E-state index in [2.05, 4.69) is 12.2 Å². The molecule has 0 aliphatic rings. The van der Waals surface area contributed by atoms with Crippen LogP contribution in [0.25, 0.3) is 0 Å². The Morgan fingerprint density at radius 3 is 2.14 bits per heavy atom. The van der Waals surface area contributed by atoms with Gasteiger partial charge in [0.05, 0.1) is 0 Å². The van der Waals surface area contributed by atoms with Crippen molar-refractivity contribution in [3.8, 4) is 0 Å². The molecular weight excluding hydrogens is 272 g/mol. The van der Waals surface area contributed by atoms with Crippen molar-refractivity contribution < 1.29 is 13.6 Å². The van der Waals surface area contributed by atoms with Gasteiger partial charge in [0.1, 0.15) is 17.3 Å². The number of nitrogens with one attached hydrogen (secondary N) is 1. The van der Waals surface area contributed by atoms with Crippen LogP contribution in [0.5, 0.6) is 0 Å². The summed E-state index contributed by atoms with van der Waals surface area (Å²) in [7, 11) is 0. The molecule has 0 heterocycles. The average Bonchev–Trinajstić information content (AvgIpc) is 2.49. The Labute approximate surface area is 122 Å². The van der Waals surface area contributed by atoms with Gasteiger partial charge in [-0.05, 0) is 36.1 Å². The Kier molecular flexibility index (Phi) is 5.04. The first kappa shape index (κ1) is 15.2. The number of carbonyl (C=O) groups is 1. The van der Waals surface area contributed by atoms with Gasteiger partial charge < -0.3 is 5.32 Å². The number of halogens is 2. The molecule has 0 bridgehead atoms. The molecule has 0 radical (unpaired) electrons. The molecule has 0 atom stereocenters. The molecule has 110 valence electrons. The van der Waals surface area contributed by atoms with E-state index < -0.39 is 17.5 Å². The van der Waals surface area contributed by atoms with Gasteiger partial charge >= 0.3 is 0 Å². The highest BCUT2D eigenvalue weighted by Crippen LogP contribution is 2.18. The lowest BCUT2D eigenvalue weighted by Gasteiger charge is -2.07. The smallest absolute Gasteiger partial charge is 0.224 e. The summed E-state index contributed by atoms with van der Waals surface area (Å²) >= 11 is 0. The van der Waals surface area contributed by atoms with Crippen molar-refractivity contribution >= 4 is 11.6 Å². The Morgan fingerprint density at radius 2 is 1.57 bits per heavy atom. The molecule has 2 aromatic carbocycles. The van der Waals surface area contributed by atoms with Gasteiger partial charge in [-0.25, -0.2) is 8.78 Å². The van der Waals surface area contributed by atoms with Crippen LogP contribution in [0.2, 0.25) is 0 Å². The van der Waals surface area contributed by atoms with Crippen LogP contribution >= 0.6 is 0 Å². The third kappa shape index (κ3) is 4.12. The molecule has 2 nitrogen and oxygen atoms in total. The lowest BCUT2D eigenvalue weighted by atomic mass is 10.1. The maximum atomic E-state index is 13.4. The maximum Gasteiger partial charge on any atom is 0.224 e. The number of hydrogen-bond donors (Lipinski definition) is 1. The monoisotopic (exact) mass is 289 g/mol. The number of benzene rings is 2. The third-order valence-electron chi connectivity index (χ3n) is 3.30. The molecule has 0 saturated heterocycles. The lowest BCUT2D eigenvalue weighted by Crippen LogP contribution is -2.14. The molecule has 0 fully saturated rings. The summed E-state index contributed by atoms with van der Waals surface area (Å²) in [6.07, 6.45) is 1.68. The fourth-order valence-corrected chi connectivity index (χ4v) is 2.02. The van der Waals surface area contributed by atoms with Crippen LogP contribution in [-0.4, -0.2) is 5.91 Å². The standard InChI is InChI=1S/C17H17F2NO/c1-2-12-6-8-13(9-7-12)10-11-16(21)20-17-14(18)4-3-5-15(17)19/h3-9H,2,10-11H2,1H3,(H,20,21). The third-order valence-corrected chi connectivity index (χ3v) is 3.30. The molecule has 0 aromatic heterocycles. The van der Waals surface area contributed by atoms with E-state index in [-0.39, 0.29) is 12.1 Å². The molecule has 0 saturated carbocycles. The Balaban J connectivity index is 1.92. The summed E-state index contributed by atoms with van der Waals surface area (Å²) in [5, 5.41) is 2.28. The van der Waals surface area contributed by atoms with Gasteiger partial charge in [-0.3, -0.25) is 4.79 Å². The Morgan fingerprint density at radius 1 is 1.00 bits per heavy atom. The minimum absolute atomic E-state index is 0.180. The van der Waals surface area contributed by atoms with Gasteiger partial charge in [0.15, 0.2) is 0 Å². The topological polar surface area (TPSA) is 29.1 Å². The molecule has 2 aromatic rings. The molecular formula is C17H17F2NO. The van der Waals surface area contributed by atoms with E-state index in [0.29, 0.717) is 6.42 Å². The Bertz CT molecular complexity index is 603. The molecule has 1 N–H and O–H groups in total. The van der Waals surface area contributed by atoms with Crippen molar-refractivity contribution in [3.63, 3.8) is 0 Å². The number of para-hydroxylation sites is 1. The summed E-state index contributed by atoms with van der Waals surface area (Å²) in [6.45, 7) is 2.07. The zero-order valence-corrected chi connectivity index (χ0v) is 11.8. The number of aryl methyl sites for hydroxylation is 2. The fraction of sp³-hybridized carbons (Fsp3) is 0.235. The van der Waals surface area contributed by atoms with Crippen molar-refractivity contribution in [1.29, 1.82) is 0 Å². The number of amides is 1. The zero-order valence-electron chi connectivity index (χ0n) is 11.8. The van der Waals surface area contributed by atoms with Crippen LogP contribution in [0.15, 0.2) is 42.5 Å². The van der Waals surface area contributed by atoms with E-state index in [4.69, 9.17) is 0 Å². The van der Waals surface area contributed by atoms with Crippen molar-refractivity contribution in [3.05, 3.63) is 65.2 Å².